The van der Waals surface area contributed by atoms with Crippen LogP contribution in [0.4, 0.5) is 14.9 Å². The maximum atomic E-state index is 14.5. The summed E-state index contributed by atoms with van der Waals surface area (Å²) in [6.45, 7) is 2.38. The van der Waals surface area contributed by atoms with Gasteiger partial charge in [0.25, 0.3) is 0 Å². The Morgan fingerprint density at radius 2 is 1.80 bits per heavy atom. The highest BCUT2D eigenvalue weighted by atomic mass is 35.5. The van der Waals surface area contributed by atoms with Gasteiger partial charge >= 0.3 is 6.09 Å². The van der Waals surface area contributed by atoms with Crippen LogP contribution in [-0.2, 0) is 4.79 Å². The third-order valence-corrected chi connectivity index (χ3v) is 9.87. The monoisotopic (exact) mass is 695 g/mol. The van der Waals surface area contributed by atoms with E-state index in [4.69, 9.17) is 21.7 Å². The second-order valence-electron chi connectivity index (χ2n) is 12.6. The van der Waals surface area contributed by atoms with Crippen molar-refractivity contribution in [2.24, 2.45) is 11.8 Å². The van der Waals surface area contributed by atoms with E-state index in [1.54, 1.807) is 72.9 Å². The van der Waals surface area contributed by atoms with Gasteiger partial charge in [0.05, 0.1) is 17.4 Å². The number of carboxylic acid groups (broad SMARTS) is 1. The van der Waals surface area contributed by atoms with Crippen LogP contribution < -0.4 is 10.6 Å². The van der Waals surface area contributed by atoms with Crippen molar-refractivity contribution in [2.75, 3.05) is 25.0 Å². The van der Waals surface area contributed by atoms with Crippen molar-refractivity contribution >= 4 is 35.4 Å². The highest BCUT2D eigenvalue weighted by Crippen LogP contribution is 2.47. The first-order valence-electron chi connectivity index (χ1n) is 16.5. The van der Waals surface area contributed by atoms with E-state index in [1.165, 1.54) is 23.1 Å². The van der Waals surface area contributed by atoms with Crippen molar-refractivity contribution in [1.82, 2.24) is 40.4 Å². The van der Waals surface area contributed by atoms with Gasteiger partial charge in [-0.25, -0.2) is 14.2 Å². The van der Waals surface area contributed by atoms with E-state index in [2.05, 4.69) is 31.1 Å². The molecule has 2 aliphatic rings. The number of likely N-dealkylation sites (tertiary alicyclic amines) is 1. The molecule has 0 bridgehead atoms. The first-order valence-corrected chi connectivity index (χ1v) is 16.8. The van der Waals surface area contributed by atoms with E-state index >= 15 is 0 Å². The Morgan fingerprint density at radius 1 is 1.02 bits per heavy atom. The number of hydrogen-bond acceptors (Lipinski definition) is 7. The lowest BCUT2D eigenvalue weighted by Gasteiger charge is -2.46. The van der Waals surface area contributed by atoms with Gasteiger partial charge in [0.1, 0.15) is 18.0 Å². The molecule has 0 saturated carbocycles. The Bertz CT molecular complexity index is 1980. The maximum Gasteiger partial charge on any atom is 0.409 e. The minimum absolute atomic E-state index is 0.175. The van der Waals surface area contributed by atoms with Crippen molar-refractivity contribution in [3.05, 3.63) is 113 Å². The van der Waals surface area contributed by atoms with Crippen LogP contribution in [0.2, 0.25) is 5.02 Å². The van der Waals surface area contributed by atoms with Crippen molar-refractivity contribution in [3.63, 3.8) is 0 Å². The number of halogens is 2. The van der Waals surface area contributed by atoms with Gasteiger partial charge in [-0.1, -0.05) is 35.9 Å². The molecule has 0 spiro atoms. The molecule has 7 rings (SSSR count). The van der Waals surface area contributed by atoms with Crippen LogP contribution in [0.25, 0.3) is 23.0 Å². The SMILES string of the molecule is O=C(O)Nc1ccc(-c2c[nH]c(C3C(c4ccc(F)cc4)CC(C4CCNCC4)CN3C(=O)/C=C/c3cc(Cl)ccc3-n3cnnn3)n2)cc1. The van der Waals surface area contributed by atoms with E-state index in [9.17, 15) is 14.0 Å². The normalized spacial score (nSPS) is 19.9. The van der Waals surface area contributed by atoms with Crippen LogP contribution in [0, 0.1) is 17.7 Å². The molecule has 2 saturated heterocycles. The number of piperidine rings is 2. The molecule has 0 radical (unpaired) electrons. The number of aromatic nitrogens is 6. The van der Waals surface area contributed by atoms with Crippen molar-refractivity contribution < 1.29 is 19.1 Å². The molecule has 3 unspecified atom stereocenters. The lowest BCUT2D eigenvalue weighted by molar-refractivity contribution is -0.132. The summed E-state index contributed by atoms with van der Waals surface area (Å²) >= 11 is 6.37. The number of H-pyrrole nitrogens is 1. The number of nitrogens with one attached hydrogen (secondary N) is 3. The molecular formula is C36H35ClFN9O3. The molecule has 14 heteroatoms. The van der Waals surface area contributed by atoms with Crippen LogP contribution >= 0.6 is 11.6 Å². The summed E-state index contributed by atoms with van der Waals surface area (Å²) in [5.41, 5.74) is 4.12. The number of amides is 2. The lowest BCUT2D eigenvalue weighted by atomic mass is 9.72. The van der Waals surface area contributed by atoms with Gasteiger partial charge in [-0.15, -0.1) is 5.10 Å². The number of hydrogen-bond donors (Lipinski definition) is 4. The van der Waals surface area contributed by atoms with Gasteiger partial charge in [-0.3, -0.25) is 10.1 Å². The van der Waals surface area contributed by atoms with Crippen molar-refractivity contribution in [1.29, 1.82) is 0 Å². The Labute approximate surface area is 292 Å². The molecular weight excluding hydrogens is 661 g/mol. The summed E-state index contributed by atoms with van der Waals surface area (Å²) in [6, 6.07) is 18.2. The number of carbonyl (C=O) groups excluding carboxylic acids is 1. The smallest absolute Gasteiger partial charge is 0.409 e. The molecule has 4 heterocycles. The number of tetrazole rings is 1. The maximum absolute atomic E-state index is 14.5. The quantitative estimate of drug-likeness (QED) is 0.138. The van der Waals surface area contributed by atoms with Crippen LogP contribution in [0.1, 0.15) is 48.2 Å². The third-order valence-electron chi connectivity index (χ3n) is 9.64. The van der Waals surface area contributed by atoms with Gasteiger partial charge < -0.3 is 20.3 Å². The van der Waals surface area contributed by atoms with E-state index < -0.39 is 12.1 Å². The van der Waals surface area contributed by atoms with Gasteiger partial charge in [-0.05, 0) is 109 Å². The topological polar surface area (TPSA) is 154 Å². The fraction of sp³-hybridized carbons (Fsp3) is 0.278. The number of anilines is 1. The number of rotatable bonds is 8. The summed E-state index contributed by atoms with van der Waals surface area (Å²) in [5.74, 6) is 0.532. The number of carbonyl (C=O) groups is 2. The zero-order valence-electron chi connectivity index (χ0n) is 26.9. The summed E-state index contributed by atoms with van der Waals surface area (Å²) < 4.78 is 15.7. The van der Waals surface area contributed by atoms with Gasteiger partial charge in [-0.2, -0.15) is 4.68 Å². The molecule has 2 aromatic heterocycles. The van der Waals surface area contributed by atoms with Gasteiger partial charge in [0.15, 0.2) is 0 Å². The van der Waals surface area contributed by atoms with Crippen molar-refractivity contribution in [2.45, 2.75) is 31.2 Å². The first kappa shape index (κ1) is 33.1. The number of nitrogens with zero attached hydrogens (tertiary/aromatic N) is 6. The van der Waals surface area contributed by atoms with Crippen molar-refractivity contribution in [3.8, 4) is 16.9 Å². The number of imidazole rings is 1. The standard InChI is InChI=1S/C36H35ClFN9O3/c37-27-6-11-32(47-21-41-44-45-47)25(17-27)5-12-33(48)46-20-26(22-13-15-39-16-14-22)18-30(23-1-7-28(38)8-2-23)34(46)35-40-19-31(43-35)24-3-9-29(10-4-24)42-36(49)50/h1-12,17,19,21-22,26,30,34,39,42H,13-16,18,20H2,(H,40,43)(H,49,50)/b12-5+. The van der Waals surface area contributed by atoms with Crippen LogP contribution in [0.5, 0.6) is 0 Å². The predicted molar refractivity (Wildman–Crippen MR) is 186 cm³/mol. The highest BCUT2D eigenvalue weighted by molar-refractivity contribution is 6.30. The summed E-state index contributed by atoms with van der Waals surface area (Å²) in [6.07, 6.45) is 8.23. The second-order valence-corrected chi connectivity index (χ2v) is 13.1. The Kier molecular flexibility index (Phi) is 9.67. The molecule has 3 aromatic carbocycles. The first-order chi connectivity index (χ1) is 24.3. The highest BCUT2D eigenvalue weighted by Gasteiger charge is 2.43. The Hall–Kier alpha value is -5.40. The van der Waals surface area contributed by atoms with Crippen LogP contribution in [0.15, 0.2) is 85.3 Å². The number of aromatic amines is 1. The van der Waals surface area contributed by atoms with Crippen LogP contribution in [0.3, 0.4) is 0 Å². The van der Waals surface area contributed by atoms with E-state index in [0.717, 1.165) is 43.5 Å². The molecule has 50 heavy (non-hydrogen) atoms. The molecule has 0 aliphatic carbocycles. The fourth-order valence-corrected chi connectivity index (χ4v) is 7.42. The molecule has 4 N–H and O–H groups in total. The minimum Gasteiger partial charge on any atom is -0.465 e. The Morgan fingerprint density at radius 3 is 2.52 bits per heavy atom. The molecule has 2 amide bonds. The number of benzene rings is 3. The van der Waals surface area contributed by atoms with E-state index in [0.29, 0.717) is 45.9 Å². The van der Waals surface area contributed by atoms with E-state index in [1.807, 2.05) is 4.90 Å². The second kappa shape index (κ2) is 14.6. The van der Waals surface area contributed by atoms with Gasteiger partial charge in [0, 0.05) is 46.6 Å². The average Bonchev–Trinajstić information content (AvgIpc) is 3.85. The van der Waals surface area contributed by atoms with E-state index in [-0.39, 0.29) is 23.6 Å². The zero-order valence-corrected chi connectivity index (χ0v) is 27.7. The summed E-state index contributed by atoms with van der Waals surface area (Å²) in [4.78, 5) is 35.8. The molecule has 256 valence electrons. The van der Waals surface area contributed by atoms with Gasteiger partial charge in [0.2, 0.25) is 5.91 Å². The summed E-state index contributed by atoms with van der Waals surface area (Å²) in [5, 5.41) is 26.9. The Balaban J connectivity index is 1.27. The fourth-order valence-electron chi connectivity index (χ4n) is 7.24. The predicted octanol–water partition coefficient (Wildman–Crippen LogP) is 6.32. The average molecular weight is 696 g/mol. The molecule has 3 atom stereocenters. The molecule has 2 fully saturated rings. The molecule has 12 nitrogen and oxygen atoms in total. The lowest BCUT2D eigenvalue weighted by Crippen LogP contribution is -2.48. The third kappa shape index (κ3) is 7.28. The minimum atomic E-state index is -1.15. The largest absolute Gasteiger partial charge is 0.465 e. The van der Waals surface area contributed by atoms with Crippen LogP contribution in [-0.4, -0.2) is 71.8 Å². The molecule has 5 aromatic rings. The zero-order chi connectivity index (χ0) is 34.6. The molecule has 2 aliphatic heterocycles. The summed E-state index contributed by atoms with van der Waals surface area (Å²) in [7, 11) is 0.